The smallest absolute Gasteiger partial charge is 0.229 e. The third-order valence-electron chi connectivity index (χ3n) is 9.38. The first-order valence-electron chi connectivity index (χ1n) is 14.1. The van der Waals surface area contributed by atoms with Gasteiger partial charge in [0.1, 0.15) is 0 Å². The van der Waals surface area contributed by atoms with Crippen LogP contribution in [0, 0.1) is 17.3 Å². The van der Waals surface area contributed by atoms with Crippen LogP contribution < -0.4 is 0 Å². The van der Waals surface area contributed by atoms with Crippen LogP contribution in [0.2, 0.25) is 5.02 Å². The lowest BCUT2D eigenvalue weighted by molar-refractivity contribution is -0.139. The van der Waals surface area contributed by atoms with E-state index in [0.29, 0.717) is 36.1 Å². The third-order valence-corrected chi connectivity index (χ3v) is 9.63. The Morgan fingerprint density at radius 1 is 0.921 bits per heavy atom. The number of carbonyl (C=O) groups excluding carboxylic acids is 2. The molecule has 5 nitrogen and oxygen atoms in total. The zero-order chi connectivity index (χ0) is 25.4. The highest BCUT2D eigenvalue weighted by atomic mass is 35.5. The minimum Gasteiger partial charge on any atom is -0.342 e. The maximum absolute atomic E-state index is 13.5. The predicted octanol–water partition coefficient (Wildman–Crippen LogP) is 5.62. The molecule has 6 rings (SSSR count). The molecule has 3 saturated heterocycles. The first kappa shape index (κ1) is 27.5. The van der Waals surface area contributed by atoms with E-state index in [1.165, 1.54) is 18.4 Å². The van der Waals surface area contributed by atoms with Gasteiger partial charge in [-0.15, -0.1) is 12.4 Å². The molecule has 7 heteroatoms. The second kappa shape index (κ2) is 11.6. The number of halogens is 2. The minimum atomic E-state index is -0.191. The summed E-state index contributed by atoms with van der Waals surface area (Å²) in [6.07, 6.45) is 6.01. The molecular weight excluding hydrogens is 517 g/mol. The van der Waals surface area contributed by atoms with Crippen LogP contribution in [0.5, 0.6) is 0 Å². The molecule has 4 aliphatic rings. The van der Waals surface area contributed by atoms with Crippen LogP contribution in [0.1, 0.15) is 55.6 Å². The van der Waals surface area contributed by atoms with E-state index in [-0.39, 0.29) is 17.8 Å². The Morgan fingerprint density at radius 2 is 1.61 bits per heavy atom. The van der Waals surface area contributed by atoms with Crippen molar-refractivity contribution in [3.05, 3.63) is 70.7 Å². The van der Waals surface area contributed by atoms with Gasteiger partial charge in [0.05, 0.1) is 5.41 Å². The van der Waals surface area contributed by atoms with Crippen molar-refractivity contribution >= 4 is 35.8 Å². The quantitative estimate of drug-likeness (QED) is 0.445. The van der Waals surface area contributed by atoms with Crippen molar-refractivity contribution in [3.63, 3.8) is 0 Å². The van der Waals surface area contributed by atoms with Gasteiger partial charge in [0.2, 0.25) is 11.8 Å². The van der Waals surface area contributed by atoms with Crippen LogP contribution in [-0.4, -0.2) is 65.8 Å². The molecule has 1 saturated carbocycles. The molecule has 2 amide bonds. The highest BCUT2D eigenvalue weighted by Crippen LogP contribution is 2.43. The highest BCUT2D eigenvalue weighted by molar-refractivity contribution is 6.30. The van der Waals surface area contributed by atoms with E-state index in [2.05, 4.69) is 40.1 Å². The van der Waals surface area contributed by atoms with Crippen LogP contribution in [0.4, 0.5) is 0 Å². The minimum absolute atomic E-state index is 0. The van der Waals surface area contributed by atoms with Gasteiger partial charge in [-0.1, -0.05) is 54.1 Å². The number of carbonyl (C=O) groups is 2. The molecule has 2 aromatic carbocycles. The number of rotatable bonds is 7. The van der Waals surface area contributed by atoms with E-state index in [1.807, 2.05) is 29.2 Å². The largest absolute Gasteiger partial charge is 0.342 e. The van der Waals surface area contributed by atoms with Gasteiger partial charge < -0.3 is 14.7 Å². The highest BCUT2D eigenvalue weighted by Gasteiger charge is 2.48. The van der Waals surface area contributed by atoms with Crippen LogP contribution in [-0.2, 0) is 16.1 Å². The number of piperidine rings is 1. The molecular formula is C31H39Cl2N3O2. The topological polar surface area (TPSA) is 43.9 Å². The number of amides is 2. The maximum atomic E-state index is 13.5. The summed E-state index contributed by atoms with van der Waals surface area (Å²) in [5.74, 6) is 2.15. The normalized spacial score (nSPS) is 25.1. The van der Waals surface area contributed by atoms with Crippen LogP contribution in [0.3, 0.4) is 0 Å². The van der Waals surface area contributed by atoms with Gasteiger partial charge >= 0.3 is 0 Å². The molecule has 2 atom stereocenters. The van der Waals surface area contributed by atoms with E-state index < -0.39 is 0 Å². The molecule has 1 spiro atoms. The fourth-order valence-electron chi connectivity index (χ4n) is 6.85. The first-order valence-corrected chi connectivity index (χ1v) is 14.5. The average Bonchev–Trinajstić information content (AvgIpc) is 3.56. The Balaban J connectivity index is 0.00000294. The molecule has 38 heavy (non-hydrogen) atoms. The van der Waals surface area contributed by atoms with Crippen molar-refractivity contribution in [2.45, 2.75) is 51.0 Å². The molecule has 3 aliphatic heterocycles. The zero-order valence-corrected chi connectivity index (χ0v) is 23.6. The van der Waals surface area contributed by atoms with Crippen molar-refractivity contribution in [2.24, 2.45) is 17.3 Å². The lowest BCUT2D eigenvalue weighted by atomic mass is 9.76. The van der Waals surface area contributed by atoms with Crippen LogP contribution in [0.25, 0.3) is 0 Å². The van der Waals surface area contributed by atoms with E-state index in [4.69, 9.17) is 11.6 Å². The summed E-state index contributed by atoms with van der Waals surface area (Å²) in [6.45, 7) is 6.16. The number of hydrogen-bond donors (Lipinski definition) is 0. The summed E-state index contributed by atoms with van der Waals surface area (Å²) in [5, 5.41) is 0.729. The molecule has 0 aromatic heterocycles. The Kier molecular flexibility index (Phi) is 8.37. The third kappa shape index (κ3) is 5.90. The number of benzene rings is 2. The predicted molar refractivity (Wildman–Crippen MR) is 153 cm³/mol. The van der Waals surface area contributed by atoms with Crippen molar-refractivity contribution in [2.75, 3.05) is 39.3 Å². The summed E-state index contributed by atoms with van der Waals surface area (Å²) < 4.78 is 0. The molecule has 0 bridgehead atoms. The van der Waals surface area contributed by atoms with Crippen molar-refractivity contribution in [1.82, 2.24) is 14.7 Å². The molecule has 0 radical (unpaired) electrons. The summed E-state index contributed by atoms with van der Waals surface area (Å²) >= 11 is 6.03. The SMILES string of the molecule is Cl.O=C(CC1CC1)N1CC(CN2CCC3(CC2)CCN(Cc2ccc(Cl)cc2)C3=O)C(c2ccccc2)C1. The lowest BCUT2D eigenvalue weighted by Gasteiger charge is -2.39. The average molecular weight is 557 g/mol. The van der Waals surface area contributed by atoms with Crippen molar-refractivity contribution in [1.29, 1.82) is 0 Å². The van der Waals surface area contributed by atoms with Gasteiger partial charge in [-0.25, -0.2) is 0 Å². The van der Waals surface area contributed by atoms with Crippen molar-refractivity contribution < 1.29 is 9.59 Å². The van der Waals surface area contributed by atoms with E-state index in [9.17, 15) is 9.59 Å². The standard InChI is InChI=1S/C31H38ClN3O2.ClH/c32-27-10-8-24(9-11-27)19-34-17-14-31(30(34)37)12-15-33(16-13-31)20-26-21-35(29(36)18-23-6-7-23)22-28(26)25-4-2-1-3-5-25;/h1-5,8-11,23,26,28H,6-7,12-22H2;1H. The van der Waals surface area contributed by atoms with Crippen LogP contribution in [0.15, 0.2) is 54.6 Å². The Labute approximate surface area is 237 Å². The molecule has 1 aliphatic carbocycles. The zero-order valence-electron chi connectivity index (χ0n) is 22.1. The molecule has 204 valence electrons. The lowest BCUT2D eigenvalue weighted by Crippen LogP contribution is -2.46. The van der Waals surface area contributed by atoms with Crippen molar-refractivity contribution in [3.8, 4) is 0 Å². The molecule has 2 unspecified atom stereocenters. The fourth-order valence-corrected chi connectivity index (χ4v) is 6.97. The van der Waals surface area contributed by atoms with Gasteiger partial charge in [0.25, 0.3) is 0 Å². The number of hydrogen-bond acceptors (Lipinski definition) is 3. The summed E-state index contributed by atoms with van der Waals surface area (Å²) in [5.41, 5.74) is 2.30. The summed E-state index contributed by atoms with van der Waals surface area (Å²) in [6, 6.07) is 18.6. The maximum Gasteiger partial charge on any atom is 0.229 e. The number of nitrogens with zero attached hydrogens (tertiary/aromatic N) is 3. The molecule has 2 aromatic rings. The molecule has 3 heterocycles. The first-order chi connectivity index (χ1) is 18.0. The summed E-state index contributed by atoms with van der Waals surface area (Å²) in [4.78, 5) is 33.2. The van der Waals surface area contributed by atoms with Gasteiger partial charge in [-0.05, 0) is 80.3 Å². The van der Waals surface area contributed by atoms with Gasteiger partial charge in [0, 0.05) is 50.1 Å². The monoisotopic (exact) mass is 555 g/mol. The molecule has 0 N–H and O–H groups in total. The number of likely N-dealkylation sites (tertiary alicyclic amines) is 3. The van der Waals surface area contributed by atoms with E-state index >= 15 is 0 Å². The Morgan fingerprint density at radius 3 is 2.29 bits per heavy atom. The summed E-state index contributed by atoms with van der Waals surface area (Å²) in [7, 11) is 0. The van der Waals surface area contributed by atoms with E-state index in [0.717, 1.165) is 75.5 Å². The fraction of sp³-hybridized carbons (Fsp3) is 0.548. The Bertz CT molecular complexity index is 1110. The van der Waals surface area contributed by atoms with Gasteiger partial charge in [0.15, 0.2) is 0 Å². The van der Waals surface area contributed by atoms with Gasteiger partial charge in [-0.2, -0.15) is 0 Å². The van der Waals surface area contributed by atoms with Crippen LogP contribution >= 0.6 is 24.0 Å². The second-order valence-corrected chi connectivity index (χ2v) is 12.3. The Hall–Kier alpha value is -2.08. The van der Waals surface area contributed by atoms with Gasteiger partial charge in [-0.3, -0.25) is 9.59 Å². The molecule has 4 fully saturated rings. The second-order valence-electron chi connectivity index (χ2n) is 11.9. The van der Waals surface area contributed by atoms with E-state index in [1.54, 1.807) is 0 Å².